The lowest BCUT2D eigenvalue weighted by Gasteiger charge is -2.13. The summed E-state index contributed by atoms with van der Waals surface area (Å²) in [5, 5.41) is 4.39. The summed E-state index contributed by atoms with van der Waals surface area (Å²) in [5.74, 6) is -0.0853. The lowest BCUT2D eigenvalue weighted by molar-refractivity contribution is 0.0947. The molecule has 0 aromatic heterocycles. The van der Waals surface area contributed by atoms with Gasteiger partial charge in [0.05, 0.1) is 10.6 Å². The Morgan fingerprint density at radius 2 is 2.12 bits per heavy atom. The van der Waals surface area contributed by atoms with Gasteiger partial charge < -0.3 is 5.32 Å². The number of halogens is 2. The molecule has 1 amide bonds. The van der Waals surface area contributed by atoms with E-state index in [0.717, 1.165) is 11.9 Å². The van der Waals surface area contributed by atoms with E-state index >= 15 is 0 Å². The lowest BCUT2D eigenvalue weighted by atomic mass is 10.1. The molecule has 0 saturated heterocycles. The maximum Gasteiger partial charge on any atom is 0.252 e. The number of nitrogens with one attached hydrogen (secondary N) is 1. The Morgan fingerprint density at radius 3 is 2.69 bits per heavy atom. The van der Waals surface area contributed by atoms with E-state index in [-0.39, 0.29) is 11.3 Å². The van der Waals surface area contributed by atoms with Crippen molar-refractivity contribution in [1.29, 1.82) is 0 Å². The molecule has 1 aliphatic rings. The molecule has 0 unspecified atom stereocenters. The number of hydrogen-bond acceptors (Lipinski definition) is 1. The molecule has 86 valence electrons. The Balaban J connectivity index is 1.96. The smallest absolute Gasteiger partial charge is 0.252 e. The van der Waals surface area contributed by atoms with Gasteiger partial charge in [0.2, 0.25) is 0 Å². The molecule has 0 radical (unpaired) electrons. The summed E-state index contributed by atoms with van der Waals surface area (Å²) in [6, 6.07) is 7.11. The van der Waals surface area contributed by atoms with Gasteiger partial charge in [0, 0.05) is 11.9 Å². The molecule has 0 heterocycles. The second-order valence-corrected chi connectivity index (χ2v) is 5.26. The molecule has 1 N–H and O–H groups in total. The van der Waals surface area contributed by atoms with Crippen molar-refractivity contribution in [3.8, 4) is 0 Å². The normalized spacial score (nSPS) is 16.9. The largest absolute Gasteiger partial charge is 0.351 e. The van der Waals surface area contributed by atoms with Crippen LogP contribution in [-0.4, -0.2) is 17.8 Å². The monoisotopic (exact) mass is 301 g/mol. The van der Waals surface area contributed by atoms with Gasteiger partial charge in [0.25, 0.3) is 5.91 Å². The molecule has 4 heteroatoms. The third-order valence-corrected chi connectivity index (χ3v) is 4.50. The molecule has 0 aliphatic heterocycles. The second-order valence-electron chi connectivity index (χ2n) is 4.30. The highest BCUT2D eigenvalue weighted by Gasteiger charge is 2.41. The van der Waals surface area contributed by atoms with Crippen LogP contribution in [0.25, 0.3) is 0 Å². The fraction of sp³-hybridized carbons (Fsp3) is 0.417. The summed E-state index contributed by atoms with van der Waals surface area (Å²) in [4.78, 5) is 11.8. The van der Waals surface area contributed by atoms with E-state index in [1.165, 1.54) is 12.8 Å². The van der Waals surface area contributed by atoms with Crippen LogP contribution in [-0.2, 0) is 0 Å². The first-order chi connectivity index (χ1) is 7.67. The van der Waals surface area contributed by atoms with Gasteiger partial charge in [-0.3, -0.25) is 4.79 Å². The van der Waals surface area contributed by atoms with Gasteiger partial charge in [-0.05, 0) is 30.4 Å². The maximum absolute atomic E-state index is 11.8. The van der Waals surface area contributed by atoms with E-state index in [1.54, 1.807) is 12.1 Å². The zero-order valence-corrected chi connectivity index (χ0v) is 11.1. The Hall–Kier alpha value is -0.540. The molecule has 1 aromatic rings. The van der Waals surface area contributed by atoms with E-state index in [0.29, 0.717) is 10.6 Å². The highest BCUT2D eigenvalue weighted by Crippen LogP contribution is 2.46. The molecule has 2 nitrogen and oxygen atoms in total. The van der Waals surface area contributed by atoms with Crippen LogP contribution in [0, 0.1) is 5.41 Å². The van der Waals surface area contributed by atoms with E-state index in [1.807, 2.05) is 12.1 Å². The minimum absolute atomic E-state index is 0.0853. The van der Waals surface area contributed by atoms with Crippen LogP contribution < -0.4 is 5.32 Å². The summed E-state index contributed by atoms with van der Waals surface area (Å²) in [6.45, 7) is 0.725. The summed E-state index contributed by atoms with van der Waals surface area (Å²) >= 11 is 9.43. The van der Waals surface area contributed by atoms with Crippen molar-refractivity contribution in [2.24, 2.45) is 5.41 Å². The summed E-state index contributed by atoms with van der Waals surface area (Å²) < 4.78 is 0. The van der Waals surface area contributed by atoms with Crippen molar-refractivity contribution < 1.29 is 4.79 Å². The predicted octanol–water partition coefficient (Wildman–Crippen LogP) is 3.24. The van der Waals surface area contributed by atoms with Gasteiger partial charge in [-0.25, -0.2) is 0 Å². The number of hydrogen-bond donors (Lipinski definition) is 1. The Kier molecular flexibility index (Phi) is 3.55. The molecular weight excluding hydrogens is 289 g/mol. The average molecular weight is 303 g/mol. The topological polar surface area (TPSA) is 29.1 Å². The molecule has 0 bridgehead atoms. The maximum atomic E-state index is 11.8. The van der Waals surface area contributed by atoms with Crippen molar-refractivity contribution in [3.63, 3.8) is 0 Å². The fourth-order valence-corrected chi connectivity index (χ4v) is 2.52. The molecule has 0 spiro atoms. The van der Waals surface area contributed by atoms with Gasteiger partial charge in [0.15, 0.2) is 0 Å². The van der Waals surface area contributed by atoms with Crippen molar-refractivity contribution in [2.75, 3.05) is 11.9 Å². The van der Waals surface area contributed by atoms with Crippen LogP contribution in [0.2, 0.25) is 5.02 Å². The molecule has 1 fully saturated rings. The van der Waals surface area contributed by atoms with E-state index in [2.05, 4.69) is 21.2 Å². The Morgan fingerprint density at radius 1 is 1.44 bits per heavy atom. The Labute approximate surface area is 108 Å². The van der Waals surface area contributed by atoms with E-state index in [4.69, 9.17) is 11.6 Å². The van der Waals surface area contributed by atoms with Crippen LogP contribution in [0.5, 0.6) is 0 Å². The van der Waals surface area contributed by atoms with E-state index in [9.17, 15) is 4.79 Å². The van der Waals surface area contributed by atoms with Crippen LogP contribution in [0.3, 0.4) is 0 Å². The van der Waals surface area contributed by atoms with Crippen LogP contribution in [0.1, 0.15) is 23.2 Å². The highest BCUT2D eigenvalue weighted by atomic mass is 79.9. The SMILES string of the molecule is O=C(NCC1(CBr)CC1)c1ccccc1Cl. The van der Waals surface area contributed by atoms with Crippen LogP contribution in [0.15, 0.2) is 24.3 Å². The number of benzene rings is 1. The fourth-order valence-electron chi connectivity index (χ4n) is 1.54. The van der Waals surface area contributed by atoms with Crippen molar-refractivity contribution in [1.82, 2.24) is 5.32 Å². The molecular formula is C12H13BrClNO. The van der Waals surface area contributed by atoms with Crippen LogP contribution in [0.4, 0.5) is 0 Å². The van der Waals surface area contributed by atoms with E-state index < -0.39 is 0 Å². The number of alkyl halides is 1. The summed E-state index contributed by atoms with van der Waals surface area (Å²) in [5.41, 5.74) is 0.839. The first-order valence-corrected chi connectivity index (χ1v) is 6.75. The second kappa shape index (κ2) is 4.76. The van der Waals surface area contributed by atoms with Crippen molar-refractivity contribution in [2.45, 2.75) is 12.8 Å². The first kappa shape index (κ1) is 11.9. The predicted molar refractivity (Wildman–Crippen MR) is 69.2 cm³/mol. The molecule has 1 aliphatic carbocycles. The zero-order chi connectivity index (χ0) is 11.6. The minimum Gasteiger partial charge on any atom is -0.351 e. The zero-order valence-electron chi connectivity index (χ0n) is 8.80. The molecule has 16 heavy (non-hydrogen) atoms. The standard InChI is InChI=1S/C12H13BrClNO/c13-7-12(5-6-12)8-15-11(16)9-3-1-2-4-10(9)14/h1-4H,5-8H2,(H,15,16). The molecule has 0 atom stereocenters. The number of amides is 1. The molecule has 2 rings (SSSR count). The van der Waals surface area contributed by atoms with Crippen LogP contribution >= 0.6 is 27.5 Å². The summed E-state index contributed by atoms with van der Waals surface area (Å²) in [6.07, 6.45) is 2.36. The summed E-state index contributed by atoms with van der Waals surface area (Å²) in [7, 11) is 0. The van der Waals surface area contributed by atoms with Gasteiger partial charge in [-0.2, -0.15) is 0 Å². The molecule has 1 aromatic carbocycles. The first-order valence-electron chi connectivity index (χ1n) is 5.26. The van der Waals surface area contributed by atoms with Crippen molar-refractivity contribution >= 4 is 33.4 Å². The number of rotatable bonds is 4. The minimum atomic E-state index is -0.0853. The quantitative estimate of drug-likeness (QED) is 0.850. The van der Waals surface area contributed by atoms with Gasteiger partial charge >= 0.3 is 0 Å². The average Bonchev–Trinajstić information content (AvgIpc) is 3.07. The number of carbonyl (C=O) groups is 1. The van der Waals surface area contributed by atoms with Gasteiger partial charge in [-0.1, -0.05) is 39.7 Å². The third kappa shape index (κ3) is 2.58. The Bertz CT molecular complexity index is 404. The van der Waals surface area contributed by atoms with Gasteiger partial charge in [0.1, 0.15) is 0 Å². The molecule has 1 saturated carbocycles. The van der Waals surface area contributed by atoms with Gasteiger partial charge in [-0.15, -0.1) is 0 Å². The van der Waals surface area contributed by atoms with Crippen molar-refractivity contribution in [3.05, 3.63) is 34.9 Å². The number of carbonyl (C=O) groups excluding carboxylic acids is 1. The highest BCUT2D eigenvalue weighted by molar-refractivity contribution is 9.09. The third-order valence-electron chi connectivity index (χ3n) is 2.98. The lowest BCUT2D eigenvalue weighted by Crippen LogP contribution is -2.31.